The summed E-state index contributed by atoms with van der Waals surface area (Å²) >= 11 is 0. The standard InChI is InChI=1S/C25H33O3Si/c1-25(2,3)29(19-11-6-4-7-12-19,20-13-8-5-9-14-20)27-18-24-23-17-21-22(28(23)24)15-10-16-26-21/h4-9,11-14,21-24H,10,15-18H2,1-3H3/q+1/t21-,22+,23-,24-/m1/s1. The van der Waals surface area contributed by atoms with E-state index in [1.165, 1.54) is 23.2 Å². The molecule has 3 heterocycles. The Morgan fingerprint density at radius 3 is 2.17 bits per heavy atom. The highest BCUT2D eigenvalue weighted by Gasteiger charge is 2.70. The second-order valence-electron chi connectivity index (χ2n) is 9.79. The van der Waals surface area contributed by atoms with E-state index in [-0.39, 0.29) is 5.04 Å². The predicted molar refractivity (Wildman–Crippen MR) is 120 cm³/mol. The third-order valence-electron chi connectivity index (χ3n) is 7.11. The molecule has 0 spiro atoms. The molecular weight excluding hydrogens is 376 g/mol. The first-order valence-corrected chi connectivity index (χ1v) is 13.0. The molecule has 2 aromatic carbocycles. The van der Waals surface area contributed by atoms with Crippen LogP contribution in [0.4, 0.5) is 0 Å². The summed E-state index contributed by atoms with van der Waals surface area (Å²) < 4.78 is 16.8. The number of hydrogen-bond donors (Lipinski definition) is 0. The molecule has 3 nitrogen and oxygen atoms in total. The van der Waals surface area contributed by atoms with Crippen LogP contribution >= 0.6 is 0 Å². The number of epoxide rings is 1. The third-order valence-corrected chi connectivity index (χ3v) is 12.1. The van der Waals surface area contributed by atoms with Gasteiger partial charge >= 0.3 is 0 Å². The van der Waals surface area contributed by atoms with Gasteiger partial charge in [-0.15, -0.1) is 0 Å². The lowest BCUT2D eigenvalue weighted by molar-refractivity contribution is -0.117. The van der Waals surface area contributed by atoms with Crippen LogP contribution < -0.4 is 10.4 Å². The molecule has 0 bridgehead atoms. The van der Waals surface area contributed by atoms with Gasteiger partial charge in [0.05, 0.1) is 6.42 Å². The van der Waals surface area contributed by atoms with Gasteiger partial charge in [0.15, 0.2) is 6.10 Å². The van der Waals surface area contributed by atoms with E-state index in [9.17, 15) is 0 Å². The summed E-state index contributed by atoms with van der Waals surface area (Å²) in [5, 5.41) is 2.77. The Balaban J connectivity index is 1.44. The number of hydrogen-bond acceptors (Lipinski definition) is 2. The molecule has 154 valence electrons. The zero-order valence-corrected chi connectivity index (χ0v) is 18.8. The molecule has 0 saturated carbocycles. The van der Waals surface area contributed by atoms with Crippen LogP contribution in [0.25, 0.3) is 0 Å². The molecule has 4 heteroatoms. The smallest absolute Gasteiger partial charge is 0.261 e. The Morgan fingerprint density at radius 2 is 1.59 bits per heavy atom. The lowest BCUT2D eigenvalue weighted by atomic mass is 10.0. The van der Waals surface area contributed by atoms with Crippen LogP contribution in [-0.2, 0) is 13.5 Å². The van der Waals surface area contributed by atoms with Crippen molar-refractivity contribution in [2.24, 2.45) is 0 Å². The fourth-order valence-electron chi connectivity index (χ4n) is 5.76. The zero-order valence-electron chi connectivity index (χ0n) is 17.8. The quantitative estimate of drug-likeness (QED) is 0.425. The highest BCUT2D eigenvalue weighted by Crippen LogP contribution is 2.52. The van der Waals surface area contributed by atoms with Crippen LogP contribution in [0.5, 0.6) is 0 Å². The first-order valence-electron chi connectivity index (χ1n) is 11.1. The Labute approximate surface area is 175 Å². The SMILES string of the molecule is CC(C)(C)[Si](OC[C@@H]1[C@H]2C[C@H]3OCCC[C@@H]3[O+]12)(c1ccccc1)c1ccccc1. The van der Waals surface area contributed by atoms with E-state index in [1.807, 2.05) is 0 Å². The van der Waals surface area contributed by atoms with Gasteiger partial charge in [0, 0.05) is 13.0 Å². The first-order chi connectivity index (χ1) is 14.0. The zero-order chi connectivity index (χ0) is 20.1. The number of benzene rings is 2. The Hall–Kier alpha value is -1.46. The molecule has 0 aliphatic carbocycles. The summed E-state index contributed by atoms with van der Waals surface area (Å²) in [6.07, 6.45) is 5.64. The van der Waals surface area contributed by atoms with Crippen molar-refractivity contribution in [1.29, 1.82) is 0 Å². The summed E-state index contributed by atoms with van der Waals surface area (Å²) in [5.74, 6) is 0. The average molecular weight is 410 g/mol. The predicted octanol–water partition coefficient (Wildman–Crippen LogP) is 3.82. The molecule has 0 radical (unpaired) electrons. The molecule has 3 aliphatic heterocycles. The molecule has 4 atom stereocenters. The van der Waals surface area contributed by atoms with E-state index in [2.05, 4.69) is 85.8 Å². The summed E-state index contributed by atoms with van der Waals surface area (Å²) in [6.45, 7) is 8.79. The molecule has 3 saturated heterocycles. The van der Waals surface area contributed by atoms with Gasteiger partial charge in [-0.1, -0.05) is 81.4 Å². The van der Waals surface area contributed by atoms with Crippen LogP contribution in [0.3, 0.4) is 0 Å². The van der Waals surface area contributed by atoms with Crippen molar-refractivity contribution in [2.45, 2.75) is 69.5 Å². The summed E-state index contributed by atoms with van der Waals surface area (Å²) in [6, 6.07) is 21.9. The molecule has 3 fully saturated rings. The van der Waals surface area contributed by atoms with Gasteiger partial charge in [-0.05, 0) is 21.8 Å². The minimum atomic E-state index is -2.43. The highest BCUT2D eigenvalue weighted by atomic mass is 28.4. The molecule has 2 aromatic rings. The maximum atomic E-state index is 7.14. The molecule has 0 amide bonds. The van der Waals surface area contributed by atoms with Crippen molar-refractivity contribution in [2.75, 3.05) is 13.2 Å². The molecule has 0 aromatic heterocycles. The van der Waals surface area contributed by atoms with Crippen LogP contribution in [0.15, 0.2) is 60.7 Å². The van der Waals surface area contributed by atoms with Crippen molar-refractivity contribution in [1.82, 2.24) is 0 Å². The van der Waals surface area contributed by atoms with E-state index in [4.69, 9.17) is 9.16 Å². The minimum absolute atomic E-state index is 0.0379. The topological polar surface area (TPSA) is 21.2 Å². The second kappa shape index (κ2) is 7.35. The van der Waals surface area contributed by atoms with E-state index < -0.39 is 8.32 Å². The van der Waals surface area contributed by atoms with Gasteiger partial charge in [0.1, 0.15) is 12.7 Å². The Kier molecular flexibility index (Phi) is 4.94. The van der Waals surface area contributed by atoms with E-state index in [1.54, 1.807) is 0 Å². The van der Waals surface area contributed by atoms with Gasteiger partial charge in [-0.2, -0.15) is 0 Å². The van der Waals surface area contributed by atoms with Crippen LogP contribution in [0, 0.1) is 0 Å². The van der Waals surface area contributed by atoms with Crippen molar-refractivity contribution in [3.63, 3.8) is 0 Å². The number of rotatable bonds is 5. The van der Waals surface area contributed by atoms with Gasteiger partial charge < -0.3 is 13.5 Å². The number of ether oxygens (including phenoxy) is 1. The van der Waals surface area contributed by atoms with Crippen molar-refractivity contribution in [3.05, 3.63) is 60.7 Å². The second-order valence-corrected chi connectivity index (χ2v) is 14.1. The van der Waals surface area contributed by atoms with Crippen LogP contribution in [0.2, 0.25) is 5.04 Å². The Bertz CT molecular complexity index is 793. The molecule has 3 aliphatic rings. The maximum Gasteiger partial charge on any atom is 0.261 e. The minimum Gasteiger partial charge on any atom is -0.400 e. The van der Waals surface area contributed by atoms with Crippen molar-refractivity contribution < 1.29 is 13.5 Å². The summed E-state index contributed by atoms with van der Waals surface area (Å²) in [7, 11) is -2.43. The lowest BCUT2D eigenvalue weighted by Crippen LogP contribution is -2.67. The third kappa shape index (κ3) is 3.21. The Morgan fingerprint density at radius 1 is 0.966 bits per heavy atom. The number of fused-ring (bicyclic) bond motifs is 3. The van der Waals surface area contributed by atoms with E-state index >= 15 is 0 Å². The van der Waals surface area contributed by atoms with Gasteiger partial charge in [0.25, 0.3) is 14.4 Å². The molecular formula is C25H33O3Si+. The van der Waals surface area contributed by atoms with Gasteiger partial charge in [0.2, 0.25) is 6.10 Å². The van der Waals surface area contributed by atoms with Crippen molar-refractivity contribution >= 4 is 18.7 Å². The fraction of sp³-hybridized carbons (Fsp3) is 0.520. The fourth-order valence-corrected chi connectivity index (χ4v) is 10.3. The van der Waals surface area contributed by atoms with Gasteiger partial charge in [-0.25, -0.2) is 0 Å². The van der Waals surface area contributed by atoms with Crippen LogP contribution in [0.1, 0.15) is 40.0 Å². The maximum absolute atomic E-state index is 7.14. The van der Waals surface area contributed by atoms with Crippen LogP contribution in [-0.4, -0.2) is 45.9 Å². The van der Waals surface area contributed by atoms with Crippen molar-refractivity contribution in [3.8, 4) is 0 Å². The summed E-state index contributed by atoms with van der Waals surface area (Å²) in [4.78, 5) is 0. The van der Waals surface area contributed by atoms with E-state index in [0.29, 0.717) is 24.4 Å². The van der Waals surface area contributed by atoms with E-state index in [0.717, 1.165) is 19.6 Å². The molecule has 0 unspecified atom stereocenters. The summed E-state index contributed by atoms with van der Waals surface area (Å²) in [5.41, 5.74) is 0. The monoisotopic (exact) mass is 409 g/mol. The highest BCUT2D eigenvalue weighted by molar-refractivity contribution is 6.99. The molecule has 5 rings (SSSR count). The average Bonchev–Trinajstić information content (AvgIpc) is 3.26. The molecule has 0 N–H and O–H groups in total. The largest absolute Gasteiger partial charge is 0.400 e. The van der Waals surface area contributed by atoms with Gasteiger partial charge in [-0.3, -0.25) is 0 Å². The lowest BCUT2D eigenvalue weighted by Gasteiger charge is -2.42. The normalized spacial score (nSPS) is 29.3. The first kappa shape index (κ1) is 19.5. The molecule has 29 heavy (non-hydrogen) atoms.